The lowest BCUT2D eigenvalue weighted by Crippen LogP contribution is -2.26. The molecule has 4 aromatic rings. The molecule has 0 saturated heterocycles. The van der Waals surface area contributed by atoms with Crippen molar-refractivity contribution in [3.05, 3.63) is 87.5 Å². The second kappa shape index (κ2) is 11.4. The molecule has 1 amide bonds. The smallest absolute Gasteiger partial charge is 0.305 e. The van der Waals surface area contributed by atoms with Crippen molar-refractivity contribution in [2.75, 3.05) is 6.54 Å². The molecule has 1 unspecified atom stereocenters. The first-order valence-corrected chi connectivity index (χ1v) is 12.9. The number of hydrogen-bond acceptors (Lipinski definition) is 3. The lowest BCUT2D eigenvalue weighted by Gasteiger charge is -2.22. The molecule has 0 aliphatic heterocycles. The van der Waals surface area contributed by atoms with Crippen molar-refractivity contribution >= 4 is 46.0 Å². The van der Waals surface area contributed by atoms with Crippen LogP contribution >= 0.6 is 23.2 Å². The average molecular weight is 538 g/mol. The van der Waals surface area contributed by atoms with E-state index in [0.717, 1.165) is 39.6 Å². The first-order valence-electron chi connectivity index (χ1n) is 12.2. The van der Waals surface area contributed by atoms with E-state index in [0.29, 0.717) is 21.5 Å². The summed E-state index contributed by atoms with van der Waals surface area (Å²) in [5, 5.41) is 18.5. The maximum atomic E-state index is 12.4. The molecule has 4 rings (SSSR count). The highest BCUT2D eigenvalue weighted by atomic mass is 35.5. The molecule has 0 bridgehead atoms. The first kappa shape index (κ1) is 26.7. The molecular formula is C29H29Cl2N3O3. The summed E-state index contributed by atoms with van der Waals surface area (Å²) < 4.78 is 2.05. The Labute approximate surface area is 226 Å². The molecule has 0 radical (unpaired) electrons. The largest absolute Gasteiger partial charge is 0.481 e. The summed E-state index contributed by atoms with van der Waals surface area (Å²) in [7, 11) is 0. The number of amides is 1. The third-order valence-electron chi connectivity index (χ3n) is 6.44. The van der Waals surface area contributed by atoms with E-state index < -0.39 is 5.97 Å². The van der Waals surface area contributed by atoms with E-state index in [1.165, 1.54) is 0 Å². The molecule has 2 N–H and O–H groups in total. The number of benzene rings is 3. The van der Waals surface area contributed by atoms with Crippen LogP contribution in [0.2, 0.25) is 10.0 Å². The molecule has 192 valence electrons. The van der Waals surface area contributed by atoms with Gasteiger partial charge in [-0.25, -0.2) is 0 Å². The molecule has 8 heteroatoms. The van der Waals surface area contributed by atoms with Crippen LogP contribution < -0.4 is 5.32 Å². The summed E-state index contributed by atoms with van der Waals surface area (Å²) >= 11 is 12.6. The van der Waals surface area contributed by atoms with Crippen molar-refractivity contribution in [3.8, 4) is 11.1 Å². The highest BCUT2D eigenvalue weighted by Gasteiger charge is 2.21. The third kappa shape index (κ3) is 5.97. The fraction of sp³-hybridized carbons (Fsp3) is 0.276. The molecule has 3 aromatic carbocycles. The Morgan fingerprint density at radius 1 is 1.03 bits per heavy atom. The average Bonchev–Trinajstić information content (AvgIpc) is 3.28. The molecule has 1 heterocycles. The number of nitrogens with zero attached hydrogens (tertiary/aromatic N) is 2. The highest BCUT2D eigenvalue weighted by molar-refractivity contribution is 6.36. The van der Waals surface area contributed by atoms with Crippen LogP contribution in [-0.2, 0) is 4.79 Å². The maximum Gasteiger partial charge on any atom is 0.305 e. The van der Waals surface area contributed by atoms with Crippen LogP contribution in [0.15, 0.2) is 60.8 Å². The predicted octanol–water partition coefficient (Wildman–Crippen LogP) is 7.16. The van der Waals surface area contributed by atoms with Crippen LogP contribution in [0.1, 0.15) is 54.2 Å². The fourth-order valence-corrected chi connectivity index (χ4v) is 5.08. The summed E-state index contributed by atoms with van der Waals surface area (Å²) in [5.41, 5.74) is 5.60. The van der Waals surface area contributed by atoms with Crippen molar-refractivity contribution in [2.24, 2.45) is 5.92 Å². The molecule has 6 nitrogen and oxygen atoms in total. The fourth-order valence-electron chi connectivity index (χ4n) is 4.57. The number of rotatable bonds is 9. The molecular weight excluding hydrogens is 509 g/mol. The van der Waals surface area contributed by atoms with Gasteiger partial charge in [-0.1, -0.05) is 61.3 Å². The molecule has 0 spiro atoms. The van der Waals surface area contributed by atoms with Gasteiger partial charge in [0.1, 0.15) is 0 Å². The number of carboxylic acids is 1. The maximum absolute atomic E-state index is 12.4. The lowest BCUT2D eigenvalue weighted by molar-refractivity contribution is -0.136. The van der Waals surface area contributed by atoms with Crippen molar-refractivity contribution in [2.45, 2.75) is 39.7 Å². The van der Waals surface area contributed by atoms with Gasteiger partial charge in [0, 0.05) is 33.1 Å². The second-order valence-corrected chi connectivity index (χ2v) is 10.4. The number of hydrogen-bond donors (Lipinski definition) is 2. The van der Waals surface area contributed by atoms with Crippen LogP contribution in [0.25, 0.3) is 22.0 Å². The number of carbonyl (C=O) groups is 2. The highest BCUT2D eigenvalue weighted by Crippen LogP contribution is 2.37. The zero-order valence-corrected chi connectivity index (χ0v) is 22.5. The van der Waals surface area contributed by atoms with E-state index in [1.807, 2.05) is 30.5 Å². The van der Waals surface area contributed by atoms with Gasteiger partial charge < -0.3 is 10.4 Å². The summed E-state index contributed by atoms with van der Waals surface area (Å²) in [6.45, 7) is 6.52. The Hall–Kier alpha value is -3.35. The number of aliphatic carboxylic acids is 1. The van der Waals surface area contributed by atoms with E-state index in [1.54, 1.807) is 18.2 Å². The van der Waals surface area contributed by atoms with Gasteiger partial charge >= 0.3 is 5.97 Å². The Bertz CT molecular complexity index is 1450. The minimum absolute atomic E-state index is 0.0222. The number of nitrogens with one attached hydrogen (secondary N) is 1. The van der Waals surface area contributed by atoms with Crippen LogP contribution in [-0.4, -0.2) is 33.3 Å². The number of carboxylic acid groups (broad SMARTS) is 1. The minimum Gasteiger partial charge on any atom is -0.481 e. The van der Waals surface area contributed by atoms with Crippen LogP contribution in [0.5, 0.6) is 0 Å². The number of carbonyl (C=O) groups excluding carboxylic acids is 1. The normalized spacial score (nSPS) is 12.2. The molecule has 0 aliphatic carbocycles. The quantitative estimate of drug-likeness (QED) is 0.237. The summed E-state index contributed by atoms with van der Waals surface area (Å²) in [6.07, 6.45) is 2.65. The molecule has 0 aliphatic rings. The van der Waals surface area contributed by atoms with Gasteiger partial charge in [0.2, 0.25) is 0 Å². The number of aromatic nitrogens is 2. The van der Waals surface area contributed by atoms with Gasteiger partial charge in [0.15, 0.2) is 0 Å². The van der Waals surface area contributed by atoms with Crippen molar-refractivity contribution < 1.29 is 14.7 Å². The monoisotopic (exact) mass is 537 g/mol. The van der Waals surface area contributed by atoms with E-state index in [2.05, 4.69) is 42.9 Å². The molecule has 0 fully saturated rings. The Kier molecular flexibility index (Phi) is 8.20. The van der Waals surface area contributed by atoms with Gasteiger partial charge in [0.05, 0.1) is 24.2 Å². The van der Waals surface area contributed by atoms with Gasteiger partial charge in [-0.05, 0) is 66.3 Å². The Morgan fingerprint density at radius 3 is 2.38 bits per heavy atom. The zero-order chi connectivity index (χ0) is 26.7. The van der Waals surface area contributed by atoms with E-state index in [-0.39, 0.29) is 24.9 Å². The van der Waals surface area contributed by atoms with Gasteiger partial charge in [-0.15, -0.1) is 0 Å². The first-order chi connectivity index (χ1) is 17.7. The molecule has 1 atom stereocenters. The third-order valence-corrected chi connectivity index (χ3v) is 6.99. The zero-order valence-electron chi connectivity index (χ0n) is 21.0. The molecule has 0 saturated carbocycles. The number of aryl methyl sites for hydroxylation is 1. The SMILES string of the molecule is Cc1c(-c2ccc(Cl)cc2Cl)ccc2c1cnn2C(CC(C)C)c1ccc(C(=O)NCCC(=O)O)cc1. The van der Waals surface area contributed by atoms with E-state index in [9.17, 15) is 9.59 Å². The van der Waals surface area contributed by atoms with Gasteiger partial charge in [-0.3, -0.25) is 14.3 Å². The van der Waals surface area contributed by atoms with Gasteiger partial charge in [0.25, 0.3) is 5.91 Å². The molecule has 1 aromatic heterocycles. The Balaban J connectivity index is 1.67. The van der Waals surface area contributed by atoms with E-state index >= 15 is 0 Å². The lowest BCUT2D eigenvalue weighted by atomic mass is 9.95. The number of fused-ring (bicyclic) bond motifs is 1. The standard InChI is InChI=1S/C29H29Cl2N3O3/c1-17(2)14-27(19-4-6-20(7-5-19)29(37)32-13-12-28(35)36)34-26-11-10-22(18(3)24(26)16-33-34)23-9-8-21(30)15-25(23)31/h4-11,15-17,27H,12-14H2,1-3H3,(H,32,37)(H,35,36). The minimum atomic E-state index is -0.947. The number of halogens is 2. The van der Waals surface area contributed by atoms with Crippen molar-refractivity contribution in [1.29, 1.82) is 0 Å². The summed E-state index contributed by atoms with van der Waals surface area (Å²) in [6, 6.07) is 17.1. The summed E-state index contributed by atoms with van der Waals surface area (Å²) in [4.78, 5) is 23.1. The van der Waals surface area contributed by atoms with Crippen molar-refractivity contribution in [3.63, 3.8) is 0 Å². The van der Waals surface area contributed by atoms with Crippen molar-refractivity contribution in [1.82, 2.24) is 15.1 Å². The van der Waals surface area contributed by atoms with Crippen LogP contribution in [0, 0.1) is 12.8 Å². The topological polar surface area (TPSA) is 84.2 Å². The summed E-state index contributed by atoms with van der Waals surface area (Å²) in [5.74, 6) is -0.824. The van der Waals surface area contributed by atoms with Crippen LogP contribution in [0.4, 0.5) is 0 Å². The molecule has 37 heavy (non-hydrogen) atoms. The van der Waals surface area contributed by atoms with Crippen LogP contribution in [0.3, 0.4) is 0 Å². The van der Waals surface area contributed by atoms with Gasteiger partial charge in [-0.2, -0.15) is 5.10 Å². The Morgan fingerprint density at radius 2 is 1.73 bits per heavy atom. The second-order valence-electron chi connectivity index (χ2n) is 9.55. The van der Waals surface area contributed by atoms with E-state index in [4.69, 9.17) is 33.4 Å². The predicted molar refractivity (Wildman–Crippen MR) is 149 cm³/mol.